The van der Waals surface area contributed by atoms with Crippen molar-refractivity contribution < 1.29 is 4.74 Å². The van der Waals surface area contributed by atoms with Crippen LogP contribution in [0.25, 0.3) is 0 Å². The minimum atomic E-state index is 0.610. The number of hydrogen-bond donors (Lipinski definition) is 1. The second-order valence-corrected chi connectivity index (χ2v) is 6.82. The molecule has 1 aromatic carbocycles. The minimum Gasteiger partial charge on any atom is -0.497 e. The topological polar surface area (TPSA) is 21.3 Å². The van der Waals surface area contributed by atoms with Gasteiger partial charge < -0.3 is 10.1 Å². The molecule has 0 bridgehead atoms. The van der Waals surface area contributed by atoms with Crippen LogP contribution < -0.4 is 10.1 Å². The fourth-order valence-electron chi connectivity index (χ4n) is 2.35. The summed E-state index contributed by atoms with van der Waals surface area (Å²) < 4.78 is 6.39. The number of thiophene rings is 1. The van der Waals surface area contributed by atoms with Crippen LogP contribution in [0, 0.1) is 5.92 Å². The predicted molar refractivity (Wildman–Crippen MR) is 89.8 cm³/mol. The monoisotopic (exact) mass is 353 g/mol. The smallest absolute Gasteiger partial charge is 0.118 e. The number of rotatable bonds is 7. The molecule has 20 heavy (non-hydrogen) atoms. The molecule has 0 radical (unpaired) electrons. The highest BCUT2D eigenvalue weighted by atomic mass is 79.9. The normalized spacial score (nSPS) is 12.3. The third-order valence-corrected chi connectivity index (χ3v) is 5.01. The van der Waals surface area contributed by atoms with Gasteiger partial charge in [0.25, 0.3) is 0 Å². The molecule has 0 aliphatic carbocycles. The zero-order valence-corrected chi connectivity index (χ0v) is 14.3. The Labute approximate surface area is 133 Å². The fraction of sp³-hybridized carbons (Fsp3) is 0.375. The van der Waals surface area contributed by atoms with E-state index in [4.69, 9.17) is 4.74 Å². The Morgan fingerprint density at radius 1 is 1.25 bits per heavy atom. The molecule has 1 aromatic heterocycles. The molecule has 2 nitrogen and oxygen atoms in total. The highest BCUT2D eigenvalue weighted by Gasteiger charge is 2.11. The molecule has 1 atom stereocenters. The third kappa shape index (κ3) is 4.62. The van der Waals surface area contributed by atoms with Crippen molar-refractivity contribution in [3.05, 3.63) is 50.6 Å². The van der Waals surface area contributed by atoms with E-state index in [1.807, 2.05) is 30.5 Å². The predicted octanol–water partition coefficient (Wildman–Crippen LogP) is 4.14. The van der Waals surface area contributed by atoms with E-state index in [9.17, 15) is 0 Å². The molecule has 0 aliphatic rings. The van der Waals surface area contributed by atoms with Crippen molar-refractivity contribution in [1.29, 1.82) is 0 Å². The van der Waals surface area contributed by atoms with Crippen molar-refractivity contribution in [2.45, 2.75) is 12.8 Å². The molecule has 108 valence electrons. The Bertz CT molecular complexity index is 524. The second-order valence-electron chi connectivity index (χ2n) is 4.91. The lowest BCUT2D eigenvalue weighted by molar-refractivity contribution is 0.414. The van der Waals surface area contributed by atoms with Gasteiger partial charge in [-0.05, 0) is 72.0 Å². The van der Waals surface area contributed by atoms with Gasteiger partial charge in [-0.15, -0.1) is 11.3 Å². The van der Waals surface area contributed by atoms with E-state index >= 15 is 0 Å². The molecule has 2 aromatic rings. The molecule has 0 saturated heterocycles. The van der Waals surface area contributed by atoms with Gasteiger partial charge in [-0.1, -0.05) is 12.1 Å². The van der Waals surface area contributed by atoms with E-state index in [1.165, 1.54) is 14.9 Å². The maximum absolute atomic E-state index is 5.20. The standard InChI is InChI=1S/C16H20BrNOS/c1-18-10-13(8-16-9-14(17)11-20-16)7-12-3-5-15(19-2)6-4-12/h3-6,9,11,13,18H,7-8,10H2,1-2H3. The Hall–Kier alpha value is -0.840. The fourth-order valence-corrected chi connectivity index (χ4v) is 3.91. The van der Waals surface area contributed by atoms with Crippen LogP contribution in [-0.4, -0.2) is 20.7 Å². The summed E-state index contributed by atoms with van der Waals surface area (Å²) in [6, 6.07) is 10.6. The van der Waals surface area contributed by atoms with Gasteiger partial charge in [0, 0.05) is 14.7 Å². The summed E-state index contributed by atoms with van der Waals surface area (Å²) in [5.41, 5.74) is 1.36. The van der Waals surface area contributed by atoms with Crippen molar-refractivity contribution in [1.82, 2.24) is 5.32 Å². The third-order valence-electron chi connectivity index (χ3n) is 3.29. The Morgan fingerprint density at radius 2 is 2.00 bits per heavy atom. The van der Waals surface area contributed by atoms with Gasteiger partial charge in [-0.3, -0.25) is 0 Å². The van der Waals surface area contributed by atoms with Crippen LogP contribution in [0.1, 0.15) is 10.4 Å². The zero-order chi connectivity index (χ0) is 14.4. The summed E-state index contributed by atoms with van der Waals surface area (Å²) in [4.78, 5) is 1.44. The zero-order valence-electron chi connectivity index (χ0n) is 11.9. The lowest BCUT2D eigenvalue weighted by Crippen LogP contribution is -2.22. The Balaban J connectivity index is 2.00. The molecule has 0 aliphatic heterocycles. The van der Waals surface area contributed by atoms with Gasteiger partial charge >= 0.3 is 0 Å². The second kappa shape index (κ2) is 7.81. The van der Waals surface area contributed by atoms with Gasteiger partial charge in [0.05, 0.1) is 7.11 Å². The van der Waals surface area contributed by atoms with Gasteiger partial charge in [0.2, 0.25) is 0 Å². The van der Waals surface area contributed by atoms with E-state index in [0.29, 0.717) is 5.92 Å². The first kappa shape index (κ1) is 15.5. The minimum absolute atomic E-state index is 0.610. The molecule has 1 heterocycles. The molecule has 0 amide bonds. The van der Waals surface area contributed by atoms with E-state index in [0.717, 1.165) is 25.1 Å². The number of ether oxygens (including phenoxy) is 1. The van der Waals surface area contributed by atoms with E-state index in [2.05, 4.69) is 44.8 Å². The molecule has 4 heteroatoms. The number of nitrogens with one attached hydrogen (secondary N) is 1. The van der Waals surface area contributed by atoms with Crippen molar-refractivity contribution in [3.63, 3.8) is 0 Å². The van der Waals surface area contributed by atoms with Crippen LogP contribution in [0.5, 0.6) is 5.75 Å². The van der Waals surface area contributed by atoms with Crippen molar-refractivity contribution >= 4 is 27.3 Å². The number of methoxy groups -OCH3 is 1. The molecule has 0 saturated carbocycles. The van der Waals surface area contributed by atoms with Crippen molar-refractivity contribution in [3.8, 4) is 5.75 Å². The molecular weight excluding hydrogens is 334 g/mol. The summed E-state index contributed by atoms with van der Waals surface area (Å²) in [7, 11) is 3.72. The lowest BCUT2D eigenvalue weighted by atomic mass is 9.95. The quantitative estimate of drug-likeness (QED) is 0.807. The molecular formula is C16H20BrNOS. The summed E-state index contributed by atoms with van der Waals surface area (Å²) in [6.07, 6.45) is 2.20. The van der Waals surface area contributed by atoms with Gasteiger partial charge in [-0.2, -0.15) is 0 Å². The van der Waals surface area contributed by atoms with Crippen molar-refractivity contribution in [2.24, 2.45) is 5.92 Å². The Kier molecular flexibility index (Phi) is 6.07. The van der Waals surface area contributed by atoms with Crippen LogP contribution in [-0.2, 0) is 12.8 Å². The van der Waals surface area contributed by atoms with Gasteiger partial charge in [0.1, 0.15) is 5.75 Å². The van der Waals surface area contributed by atoms with Gasteiger partial charge in [0.15, 0.2) is 0 Å². The lowest BCUT2D eigenvalue weighted by Gasteiger charge is -2.16. The highest BCUT2D eigenvalue weighted by molar-refractivity contribution is 9.10. The summed E-state index contributed by atoms with van der Waals surface area (Å²) >= 11 is 5.35. The SMILES string of the molecule is CNCC(Cc1ccc(OC)cc1)Cc1cc(Br)cs1. The first-order valence-corrected chi connectivity index (χ1v) is 8.39. The highest BCUT2D eigenvalue weighted by Crippen LogP contribution is 2.24. The average Bonchev–Trinajstić information content (AvgIpc) is 2.85. The summed E-state index contributed by atoms with van der Waals surface area (Å²) in [6.45, 7) is 1.03. The first-order chi connectivity index (χ1) is 9.71. The molecule has 1 N–H and O–H groups in total. The summed E-state index contributed by atoms with van der Waals surface area (Å²) in [5.74, 6) is 1.53. The van der Waals surface area contributed by atoms with E-state index in [-0.39, 0.29) is 0 Å². The maximum atomic E-state index is 5.20. The number of hydrogen-bond acceptors (Lipinski definition) is 3. The van der Waals surface area contributed by atoms with Crippen LogP contribution in [0.2, 0.25) is 0 Å². The molecule has 1 unspecified atom stereocenters. The Morgan fingerprint density at radius 3 is 2.55 bits per heavy atom. The van der Waals surface area contributed by atoms with Crippen LogP contribution in [0.3, 0.4) is 0 Å². The van der Waals surface area contributed by atoms with Crippen LogP contribution >= 0.6 is 27.3 Å². The van der Waals surface area contributed by atoms with E-state index in [1.54, 1.807) is 7.11 Å². The average molecular weight is 354 g/mol. The largest absolute Gasteiger partial charge is 0.497 e. The van der Waals surface area contributed by atoms with E-state index < -0.39 is 0 Å². The molecule has 0 fully saturated rings. The first-order valence-electron chi connectivity index (χ1n) is 6.71. The van der Waals surface area contributed by atoms with Crippen molar-refractivity contribution in [2.75, 3.05) is 20.7 Å². The number of benzene rings is 1. The number of halogens is 1. The molecule has 2 rings (SSSR count). The maximum Gasteiger partial charge on any atom is 0.118 e. The van der Waals surface area contributed by atoms with Gasteiger partial charge in [-0.25, -0.2) is 0 Å². The van der Waals surface area contributed by atoms with Crippen LogP contribution in [0.15, 0.2) is 40.2 Å². The summed E-state index contributed by atoms with van der Waals surface area (Å²) in [5, 5.41) is 5.46. The van der Waals surface area contributed by atoms with Crippen LogP contribution in [0.4, 0.5) is 0 Å². The molecule has 0 spiro atoms.